The Bertz CT molecular complexity index is 253. The molecule has 0 atom stereocenters. The number of hydrogen-bond acceptors (Lipinski definition) is 2. The predicted molar refractivity (Wildman–Crippen MR) is 42.6 cm³/mol. The van der Waals surface area contributed by atoms with Crippen LogP contribution in [0.25, 0.3) is 0 Å². The average Bonchev–Trinajstić information content (AvgIpc) is 2.33. The van der Waals surface area contributed by atoms with Crippen molar-refractivity contribution in [1.29, 1.82) is 0 Å². The third-order valence-electron chi connectivity index (χ3n) is 1.56. The van der Waals surface area contributed by atoms with Gasteiger partial charge in [0.1, 0.15) is 5.69 Å². The fraction of sp³-hybridized carbons (Fsp3) is 0.500. The standard InChI is InChI=1S/C8H12N2O/c1-3-4-10-7(2)5-8(6-11)9-10/h5-6H,3-4H2,1-2H3. The maximum absolute atomic E-state index is 10.3. The van der Waals surface area contributed by atoms with Gasteiger partial charge in [0.25, 0.3) is 0 Å². The minimum absolute atomic E-state index is 0.524. The number of aryl methyl sites for hydroxylation is 2. The lowest BCUT2D eigenvalue weighted by molar-refractivity contribution is 0.111. The van der Waals surface area contributed by atoms with Gasteiger partial charge in [0, 0.05) is 12.2 Å². The molecular weight excluding hydrogens is 140 g/mol. The lowest BCUT2D eigenvalue weighted by Gasteiger charge is -1.98. The summed E-state index contributed by atoms with van der Waals surface area (Å²) in [7, 11) is 0. The maximum atomic E-state index is 10.3. The number of nitrogens with zero attached hydrogens (tertiary/aromatic N) is 2. The Morgan fingerprint density at radius 1 is 1.73 bits per heavy atom. The molecule has 60 valence electrons. The molecule has 1 rings (SSSR count). The van der Waals surface area contributed by atoms with Gasteiger partial charge in [-0.2, -0.15) is 5.10 Å². The van der Waals surface area contributed by atoms with Crippen molar-refractivity contribution >= 4 is 6.29 Å². The zero-order chi connectivity index (χ0) is 8.27. The first-order chi connectivity index (χ1) is 5.27. The monoisotopic (exact) mass is 152 g/mol. The normalized spacial score (nSPS) is 10.0. The summed E-state index contributed by atoms with van der Waals surface area (Å²) in [6.07, 6.45) is 1.82. The molecule has 0 saturated heterocycles. The van der Waals surface area contributed by atoms with Crippen LogP contribution >= 0.6 is 0 Å². The summed E-state index contributed by atoms with van der Waals surface area (Å²) in [6.45, 7) is 4.93. The molecule has 1 aromatic heterocycles. The van der Waals surface area contributed by atoms with E-state index in [1.165, 1.54) is 0 Å². The van der Waals surface area contributed by atoms with E-state index >= 15 is 0 Å². The van der Waals surface area contributed by atoms with E-state index in [1.807, 2.05) is 11.6 Å². The number of hydrogen-bond donors (Lipinski definition) is 0. The molecule has 0 fully saturated rings. The number of aldehydes is 1. The van der Waals surface area contributed by atoms with E-state index in [4.69, 9.17) is 0 Å². The molecule has 1 heterocycles. The maximum Gasteiger partial charge on any atom is 0.170 e. The van der Waals surface area contributed by atoms with Gasteiger partial charge in [-0.25, -0.2) is 0 Å². The highest BCUT2D eigenvalue weighted by Gasteiger charge is 2.00. The molecule has 0 amide bonds. The van der Waals surface area contributed by atoms with Gasteiger partial charge in [-0.3, -0.25) is 9.48 Å². The summed E-state index contributed by atoms with van der Waals surface area (Å²) in [4.78, 5) is 10.3. The van der Waals surface area contributed by atoms with Gasteiger partial charge in [-0.1, -0.05) is 6.92 Å². The molecule has 3 heteroatoms. The van der Waals surface area contributed by atoms with Gasteiger partial charge < -0.3 is 0 Å². The Labute approximate surface area is 66.0 Å². The van der Waals surface area contributed by atoms with Gasteiger partial charge in [-0.15, -0.1) is 0 Å². The Morgan fingerprint density at radius 2 is 2.45 bits per heavy atom. The molecule has 0 radical (unpaired) electrons. The third kappa shape index (κ3) is 1.67. The highest BCUT2D eigenvalue weighted by atomic mass is 16.1. The molecule has 0 bridgehead atoms. The van der Waals surface area contributed by atoms with Crippen LogP contribution in [-0.4, -0.2) is 16.1 Å². The van der Waals surface area contributed by atoms with Crippen LogP contribution in [0.3, 0.4) is 0 Å². The average molecular weight is 152 g/mol. The second-order valence-corrected chi connectivity index (χ2v) is 2.55. The highest BCUT2D eigenvalue weighted by Crippen LogP contribution is 2.01. The minimum atomic E-state index is 0.524. The molecular formula is C8H12N2O. The molecule has 0 aliphatic heterocycles. The van der Waals surface area contributed by atoms with E-state index in [1.54, 1.807) is 6.07 Å². The Kier molecular flexibility index (Phi) is 2.41. The third-order valence-corrected chi connectivity index (χ3v) is 1.56. The topological polar surface area (TPSA) is 34.9 Å². The van der Waals surface area contributed by atoms with Crippen molar-refractivity contribution in [3.05, 3.63) is 17.5 Å². The Morgan fingerprint density at radius 3 is 2.91 bits per heavy atom. The second kappa shape index (κ2) is 3.32. The van der Waals surface area contributed by atoms with E-state index in [9.17, 15) is 4.79 Å². The zero-order valence-corrected chi connectivity index (χ0v) is 6.87. The molecule has 11 heavy (non-hydrogen) atoms. The summed E-state index contributed by atoms with van der Waals surface area (Å²) in [5.41, 5.74) is 1.57. The summed E-state index contributed by atoms with van der Waals surface area (Å²) in [5, 5.41) is 4.07. The summed E-state index contributed by atoms with van der Waals surface area (Å²) in [6, 6.07) is 1.79. The largest absolute Gasteiger partial charge is 0.296 e. The van der Waals surface area contributed by atoms with E-state index in [2.05, 4.69) is 12.0 Å². The summed E-state index contributed by atoms with van der Waals surface area (Å²) >= 11 is 0. The lowest BCUT2D eigenvalue weighted by atomic mass is 10.4. The first-order valence-corrected chi connectivity index (χ1v) is 3.77. The number of rotatable bonds is 3. The van der Waals surface area contributed by atoms with E-state index in [0.29, 0.717) is 5.69 Å². The Balaban J connectivity index is 2.87. The zero-order valence-electron chi connectivity index (χ0n) is 6.87. The molecule has 0 spiro atoms. The lowest BCUT2D eigenvalue weighted by Crippen LogP contribution is -2.01. The minimum Gasteiger partial charge on any atom is -0.296 e. The SMILES string of the molecule is CCCn1nc(C=O)cc1C. The van der Waals surface area contributed by atoms with Crippen molar-refractivity contribution < 1.29 is 4.79 Å². The molecule has 3 nitrogen and oxygen atoms in total. The predicted octanol–water partition coefficient (Wildman–Crippen LogP) is 1.41. The van der Waals surface area contributed by atoms with Crippen molar-refractivity contribution in [2.24, 2.45) is 0 Å². The second-order valence-electron chi connectivity index (χ2n) is 2.55. The van der Waals surface area contributed by atoms with Crippen molar-refractivity contribution in [2.75, 3.05) is 0 Å². The van der Waals surface area contributed by atoms with Gasteiger partial charge in [0.15, 0.2) is 6.29 Å². The molecule has 0 saturated carbocycles. The van der Waals surface area contributed by atoms with Crippen molar-refractivity contribution in [3.8, 4) is 0 Å². The molecule has 0 N–H and O–H groups in total. The molecule has 0 aliphatic carbocycles. The summed E-state index contributed by atoms with van der Waals surface area (Å²) < 4.78 is 1.85. The highest BCUT2D eigenvalue weighted by molar-refractivity contribution is 5.71. The van der Waals surface area contributed by atoms with E-state index in [-0.39, 0.29) is 0 Å². The van der Waals surface area contributed by atoms with Crippen molar-refractivity contribution in [2.45, 2.75) is 26.8 Å². The van der Waals surface area contributed by atoms with Crippen LogP contribution in [0.15, 0.2) is 6.07 Å². The van der Waals surface area contributed by atoms with Crippen molar-refractivity contribution in [3.63, 3.8) is 0 Å². The first-order valence-electron chi connectivity index (χ1n) is 3.77. The van der Waals surface area contributed by atoms with Crippen LogP contribution in [0.4, 0.5) is 0 Å². The van der Waals surface area contributed by atoms with E-state index < -0.39 is 0 Å². The fourth-order valence-corrected chi connectivity index (χ4v) is 1.03. The van der Waals surface area contributed by atoms with E-state index in [0.717, 1.165) is 24.9 Å². The van der Waals surface area contributed by atoms with Gasteiger partial charge in [-0.05, 0) is 19.4 Å². The van der Waals surface area contributed by atoms with Gasteiger partial charge in [0.05, 0.1) is 0 Å². The van der Waals surface area contributed by atoms with Crippen LogP contribution in [0.1, 0.15) is 29.5 Å². The molecule has 0 unspecified atom stereocenters. The van der Waals surface area contributed by atoms with Crippen LogP contribution < -0.4 is 0 Å². The molecule has 0 aliphatic rings. The van der Waals surface area contributed by atoms with Crippen LogP contribution in [0.2, 0.25) is 0 Å². The number of carbonyl (C=O) groups excluding carboxylic acids is 1. The van der Waals surface area contributed by atoms with Gasteiger partial charge >= 0.3 is 0 Å². The molecule has 1 aromatic rings. The fourth-order valence-electron chi connectivity index (χ4n) is 1.03. The first kappa shape index (κ1) is 7.98. The summed E-state index contributed by atoms with van der Waals surface area (Å²) in [5.74, 6) is 0. The van der Waals surface area contributed by atoms with Crippen LogP contribution in [0, 0.1) is 6.92 Å². The Hall–Kier alpha value is -1.12. The smallest absolute Gasteiger partial charge is 0.170 e. The van der Waals surface area contributed by atoms with Crippen LogP contribution in [-0.2, 0) is 6.54 Å². The molecule has 0 aromatic carbocycles. The van der Waals surface area contributed by atoms with Crippen molar-refractivity contribution in [1.82, 2.24) is 9.78 Å². The number of aromatic nitrogens is 2. The van der Waals surface area contributed by atoms with Gasteiger partial charge in [0.2, 0.25) is 0 Å². The number of carbonyl (C=O) groups is 1. The quantitative estimate of drug-likeness (QED) is 0.614. The van der Waals surface area contributed by atoms with Crippen LogP contribution in [0.5, 0.6) is 0 Å².